The van der Waals surface area contributed by atoms with Crippen molar-refractivity contribution in [1.29, 1.82) is 5.41 Å². The molecule has 2 rings (SSSR count). The third kappa shape index (κ3) is 3.39. The summed E-state index contributed by atoms with van der Waals surface area (Å²) < 4.78 is 5.64. The topological polar surface area (TPSA) is 62.3 Å². The third-order valence-electron chi connectivity index (χ3n) is 3.44. The second kappa shape index (κ2) is 6.26. The number of nitrogen functional groups attached to an aromatic ring is 1. The molecule has 1 aromatic rings. The third-order valence-corrected chi connectivity index (χ3v) is 3.75. The van der Waals surface area contributed by atoms with E-state index in [9.17, 15) is 0 Å². The van der Waals surface area contributed by atoms with Crippen molar-refractivity contribution in [2.45, 2.75) is 25.9 Å². The van der Waals surface area contributed by atoms with Crippen LogP contribution in [0.25, 0.3) is 0 Å². The summed E-state index contributed by atoms with van der Waals surface area (Å²) in [6.07, 6.45) is 2.42. The summed E-state index contributed by atoms with van der Waals surface area (Å²) in [7, 11) is 0. The first-order valence-electron chi connectivity index (χ1n) is 6.62. The van der Waals surface area contributed by atoms with Crippen LogP contribution in [0.5, 0.6) is 0 Å². The van der Waals surface area contributed by atoms with Crippen LogP contribution in [-0.4, -0.2) is 31.6 Å². The molecular formula is C14H20ClN3O. The smallest absolute Gasteiger partial charge is 0.122 e. The van der Waals surface area contributed by atoms with Gasteiger partial charge in [-0.2, -0.15) is 0 Å². The minimum atomic E-state index is 0.0449. The lowest BCUT2D eigenvalue weighted by Crippen LogP contribution is -2.37. The van der Waals surface area contributed by atoms with Gasteiger partial charge in [-0.3, -0.25) is 5.41 Å². The Morgan fingerprint density at radius 3 is 2.68 bits per heavy atom. The Morgan fingerprint density at radius 2 is 2.16 bits per heavy atom. The lowest BCUT2D eigenvalue weighted by molar-refractivity contribution is 0.0459. The average molecular weight is 282 g/mol. The number of nitrogens with one attached hydrogen (secondary N) is 1. The first kappa shape index (κ1) is 14.2. The molecule has 0 aliphatic carbocycles. The molecule has 0 aromatic heterocycles. The molecule has 0 saturated carbocycles. The molecule has 19 heavy (non-hydrogen) atoms. The number of halogens is 1. The predicted molar refractivity (Wildman–Crippen MR) is 79.3 cm³/mol. The van der Waals surface area contributed by atoms with Gasteiger partial charge in [0, 0.05) is 25.3 Å². The van der Waals surface area contributed by atoms with Gasteiger partial charge in [-0.15, -0.1) is 0 Å². The van der Waals surface area contributed by atoms with Gasteiger partial charge in [0.2, 0.25) is 0 Å². The monoisotopic (exact) mass is 281 g/mol. The minimum absolute atomic E-state index is 0.0449. The van der Waals surface area contributed by atoms with Crippen LogP contribution in [-0.2, 0) is 4.74 Å². The number of nitrogens with two attached hydrogens (primary N) is 1. The number of rotatable bonds is 4. The summed E-state index contributed by atoms with van der Waals surface area (Å²) in [6.45, 7) is 4.70. The van der Waals surface area contributed by atoms with Crippen LogP contribution >= 0.6 is 11.6 Å². The zero-order valence-electron chi connectivity index (χ0n) is 11.2. The number of piperidine rings is 1. The van der Waals surface area contributed by atoms with E-state index in [4.69, 9.17) is 27.5 Å². The lowest BCUT2D eigenvalue weighted by atomic mass is 10.1. The summed E-state index contributed by atoms with van der Waals surface area (Å²) in [6, 6.07) is 5.55. The van der Waals surface area contributed by atoms with Crippen LogP contribution in [0, 0.1) is 5.41 Å². The summed E-state index contributed by atoms with van der Waals surface area (Å²) in [5, 5.41) is 8.06. The van der Waals surface area contributed by atoms with E-state index in [1.54, 1.807) is 6.07 Å². The van der Waals surface area contributed by atoms with E-state index >= 15 is 0 Å². The Labute approximate surface area is 119 Å². The van der Waals surface area contributed by atoms with E-state index in [-0.39, 0.29) is 5.84 Å². The molecule has 0 radical (unpaired) electrons. The molecule has 1 heterocycles. The molecule has 4 nitrogen and oxygen atoms in total. The summed E-state index contributed by atoms with van der Waals surface area (Å²) >= 11 is 6.28. The molecule has 3 N–H and O–H groups in total. The highest BCUT2D eigenvalue weighted by Crippen LogP contribution is 2.29. The van der Waals surface area contributed by atoms with Crippen LogP contribution in [0.3, 0.4) is 0 Å². The first-order chi connectivity index (χ1) is 9.11. The fraction of sp³-hybridized carbons (Fsp3) is 0.500. The van der Waals surface area contributed by atoms with Gasteiger partial charge in [-0.1, -0.05) is 11.6 Å². The molecule has 1 aliphatic rings. The summed E-state index contributed by atoms with van der Waals surface area (Å²) in [5.41, 5.74) is 7.14. The van der Waals surface area contributed by atoms with Crippen LogP contribution in [0.2, 0.25) is 5.02 Å². The molecule has 5 heteroatoms. The van der Waals surface area contributed by atoms with Gasteiger partial charge in [0.25, 0.3) is 0 Å². The number of hydrogen-bond acceptors (Lipinski definition) is 3. The van der Waals surface area contributed by atoms with Crippen molar-refractivity contribution >= 4 is 23.1 Å². The number of benzene rings is 1. The molecule has 0 spiro atoms. The van der Waals surface area contributed by atoms with Gasteiger partial charge in [0.1, 0.15) is 5.84 Å². The quantitative estimate of drug-likeness (QED) is 0.659. The van der Waals surface area contributed by atoms with Crippen molar-refractivity contribution in [3.63, 3.8) is 0 Å². The maximum atomic E-state index is 7.41. The van der Waals surface area contributed by atoms with Crippen molar-refractivity contribution in [1.82, 2.24) is 0 Å². The average Bonchev–Trinajstić information content (AvgIpc) is 2.40. The van der Waals surface area contributed by atoms with Crippen LogP contribution in [0.4, 0.5) is 5.69 Å². The van der Waals surface area contributed by atoms with E-state index in [0.717, 1.165) is 38.2 Å². The Balaban J connectivity index is 2.05. The van der Waals surface area contributed by atoms with Crippen molar-refractivity contribution < 1.29 is 4.74 Å². The fourth-order valence-corrected chi connectivity index (χ4v) is 2.73. The van der Waals surface area contributed by atoms with E-state index in [1.807, 2.05) is 19.1 Å². The molecule has 0 unspecified atom stereocenters. The molecule has 1 saturated heterocycles. The van der Waals surface area contributed by atoms with Crippen molar-refractivity contribution in [2.75, 3.05) is 24.6 Å². The number of anilines is 1. The Kier molecular flexibility index (Phi) is 4.66. The first-order valence-corrected chi connectivity index (χ1v) is 7.00. The number of amidine groups is 1. The van der Waals surface area contributed by atoms with E-state index < -0.39 is 0 Å². The van der Waals surface area contributed by atoms with Gasteiger partial charge in [0.15, 0.2) is 0 Å². The SMILES string of the molecule is CCOC1CCN(c2ccc(C(=N)N)cc2Cl)CC1. The van der Waals surface area contributed by atoms with Gasteiger partial charge >= 0.3 is 0 Å². The standard InChI is InChI=1S/C14H20ClN3O/c1-2-19-11-5-7-18(8-6-11)13-4-3-10(14(16)17)9-12(13)15/h3-4,9,11H,2,5-8H2,1H3,(H3,16,17). The molecule has 0 amide bonds. The van der Waals surface area contributed by atoms with Gasteiger partial charge < -0.3 is 15.4 Å². The van der Waals surface area contributed by atoms with Gasteiger partial charge in [-0.25, -0.2) is 0 Å². The molecule has 0 bridgehead atoms. The Bertz CT molecular complexity index is 456. The second-order valence-electron chi connectivity index (χ2n) is 4.72. The van der Waals surface area contributed by atoms with E-state index in [0.29, 0.717) is 16.7 Å². The molecule has 104 valence electrons. The zero-order valence-corrected chi connectivity index (χ0v) is 11.9. The minimum Gasteiger partial charge on any atom is -0.384 e. The van der Waals surface area contributed by atoms with Gasteiger partial charge in [-0.05, 0) is 38.0 Å². The normalized spacial score (nSPS) is 16.6. The van der Waals surface area contributed by atoms with Crippen molar-refractivity contribution in [2.24, 2.45) is 5.73 Å². The molecule has 1 aliphatic heterocycles. The Morgan fingerprint density at radius 1 is 1.47 bits per heavy atom. The molecular weight excluding hydrogens is 262 g/mol. The highest BCUT2D eigenvalue weighted by Gasteiger charge is 2.21. The lowest BCUT2D eigenvalue weighted by Gasteiger charge is -2.34. The maximum absolute atomic E-state index is 7.41. The van der Waals surface area contributed by atoms with Crippen LogP contribution in [0.15, 0.2) is 18.2 Å². The van der Waals surface area contributed by atoms with Crippen LogP contribution < -0.4 is 10.6 Å². The fourth-order valence-electron chi connectivity index (χ4n) is 2.43. The number of hydrogen-bond donors (Lipinski definition) is 2. The van der Waals surface area contributed by atoms with Crippen molar-refractivity contribution in [3.8, 4) is 0 Å². The van der Waals surface area contributed by atoms with E-state index in [1.165, 1.54) is 0 Å². The van der Waals surface area contributed by atoms with Gasteiger partial charge in [0.05, 0.1) is 16.8 Å². The summed E-state index contributed by atoms with van der Waals surface area (Å²) in [4.78, 5) is 2.27. The Hall–Kier alpha value is -1.26. The summed E-state index contributed by atoms with van der Waals surface area (Å²) in [5.74, 6) is 0.0449. The number of nitrogens with zero attached hydrogens (tertiary/aromatic N) is 1. The van der Waals surface area contributed by atoms with Crippen LogP contribution in [0.1, 0.15) is 25.3 Å². The zero-order chi connectivity index (χ0) is 13.8. The predicted octanol–water partition coefficient (Wildman–Crippen LogP) is 2.63. The highest BCUT2D eigenvalue weighted by molar-refractivity contribution is 6.33. The van der Waals surface area contributed by atoms with Crippen molar-refractivity contribution in [3.05, 3.63) is 28.8 Å². The highest BCUT2D eigenvalue weighted by atomic mass is 35.5. The number of ether oxygens (including phenoxy) is 1. The van der Waals surface area contributed by atoms with E-state index in [2.05, 4.69) is 4.90 Å². The maximum Gasteiger partial charge on any atom is 0.122 e. The molecule has 1 fully saturated rings. The molecule has 0 atom stereocenters. The molecule has 1 aromatic carbocycles. The second-order valence-corrected chi connectivity index (χ2v) is 5.13. The largest absolute Gasteiger partial charge is 0.384 e.